The number of pyridine rings is 1. The van der Waals surface area contributed by atoms with Crippen molar-refractivity contribution in [3.8, 4) is 0 Å². The molecule has 0 saturated heterocycles. The number of halogens is 2. The number of carbonyl (C=O) groups excluding carboxylic acids is 2. The van der Waals surface area contributed by atoms with Crippen LogP contribution in [0.1, 0.15) is 27.4 Å². The topological polar surface area (TPSA) is 80.3 Å². The van der Waals surface area contributed by atoms with E-state index in [2.05, 4.69) is 15.6 Å². The van der Waals surface area contributed by atoms with Gasteiger partial charge >= 0.3 is 0 Å². The second-order valence-corrected chi connectivity index (χ2v) is 5.93. The van der Waals surface area contributed by atoms with Crippen LogP contribution in [0, 0.1) is 0 Å². The number of carbonyl (C=O) groups is 2. The lowest BCUT2D eigenvalue weighted by Gasteiger charge is -2.08. The first-order valence-corrected chi connectivity index (χ1v) is 8.27. The summed E-state index contributed by atoms with van der Waals surface area (Å²) in [5, 5.41) is 6.13. The molecule has 1 aromatic carbocycles. The molecule has 2 rings (SSSR count). The van der Waals surface area contributed by atoms with Crippen LogP contribution in [0.15, 0.2) is 36.4 Å². The molecule has 6 nitrogen and oxygen atoms in total. The molecule has 0 saturated carbocycles. The van der Waals surface area contributed by atoms with Gasteiger partial charge in [0.15, 0.2) is 0 Å². The largest absolute Gasteiger partial charge is 0.385 e. The fourth-order valence-corrected chi connectivity index (χ4v) is 2.43. The second-order valence-electron chi connectivity index (χ2n) is 5.09. The summed E-state index contributed by atoms with van der Waals surface area (Å²) in [7, 11) is 1.60. The van der Waals surface area contributed by atoms with Crippen LogP contribution in [-0.2, 0) is 4.74 Å². The van der Waals surface area contributed by atoms with E-state index < -0.39 is 5.91 Å². The van der Waals surface area contributed by atoms with Gasteiger partial charge in [-0.25, -0.2) is 4.98 Å². The van der Waals surface area contributed by atoms with Crippen LogP contribution in [0.4, 0.5) is 5.69 Å². The van der Waals surface area contributed by atoms with Gasteiger partial charge in [0.1, 0.15) is 11.4 Å². The van der Waals surface area contributed by atoms with Crippen molar-refractivity contribution in [3.05, 3.63) is 57.8 Å². The molecule has 0 unspecified atom stereocenters. The van der Waals surface area contributed by atoms with Crippen LogP contribution < -0.4 is 10.6 Å². The van der Waals surface area contributed by atoms with Crippen molar-refractivity contribution >= 4 is 40.7 Å². The van der Waals surface area contributed by atoms with Gasteiger partial charge in [0.2, 0.25) is 0 Å². The minimum absolute atomic E-state index is 0.107. The number of amides is 2. The summed E-state index contributed by atoms with van der Waals surface area (Å²) in [6, 6.07) is 9.37. The van der Waals surface area contributed by atoms with Gasteiger partial charge in [-0.3, -0.25) is 9.59 Å². The van der Waals surface area contributed by atoms with Crippen molar-refractivity contribution < 1.29 is 14.3 Å². The lowest BCUT2D eigenvalue weighted by Crippen LogP contribution is -2.27. The molecule has 0 aliphatic carbocycles. The van der Waals surface area contributed by atoms with Gasteiger partial charge in [0.25, 0.3) is 11.8 Å². The Balaban J connectivity index is 2.04. The molecule has 1 heterocycles. The predicted octanol–water partition coefficient (Wildman–Crippen LogP) is 3.41. The number of rotatable bonds is 7. The van der Waals surface area contributed by atoms with E-state index in [-0.39, 0.29) is 17.3 Å². The number of ether oxygens (including phenoxy) is 1. The number of hydrogen-bond acceptors (Lipinski definition) is 4. The first-order chi connectivity index (χ1) is 12.0. The molecule has 8 heteroatoms. The molecule has 132 valence electrons. The molecule has 0 radical (unpaired) electrons. The Morgan fingerprint density at radius 2 is 1.84 bits per heavy atom. The Hall–Kier alpha value is -2.15. The Morgan fingerprint density at radius 3 is 2.52 bits per heavy atom. The van der Waals surface area contributed by atoms with E-state index in [1.165, 1.54) is 18.2 Å². The van der Waals surface area contributed by atoms with Crippen molar-refractivity contribution in [1.29, 1.82) is 0 Å². The van der Waals surface area contributed by atoms with Crippen LogP contribution in [0.2, 0.25) is 10.0 Å². The van der Waals surface area contributed by atoms with Gasteiger partial charge in [0.05, 0.1) is 10.7 Å². The molecule has 0 spiro atoms. The molecule has 0 aliphatic heterocycles. The summed E-state index contributed by atoms with van der Waals surface area (Å²) in [5.74, 6) is -0.825. The summed E-state index contributed by atoms with van der Waals surface area (Å²) in [6.45, 7) is 1.02. The zero-order valence-corrected chi connectivity index (χ0v) is 15.0. The number of aromatic nitrogens is 1. The highest BCUT2D eigenvalue weighted by atomic mass is 35.5. The molecule has 2 amide bonds. The van der Waals surface area contributed by atoms with Crippen LogP contribution >= 0.6 is 23.2 Å². The summed E-state index contributed by atoms with van der Waals surface area (Å²) < 4.78 is 4.91. The number of anilines is 1. The highest BCUT2D eigenvalue weighted by Crippen LogP contribution is 2.25. The average Bonchev–Trinajstić information content (AvgIpc) is 2.61. The molecular formula is C17H17Cl2N3O3. The summed E-state index contributed by atoms with van der Waals surface area (Å²) in [6.07, 6.45) is 0.692. The third-order valence-electron chi connectivity index (χ3n) is 3.20. The molecule has 2 N–H and O–H groups in total. The van der Waals surface area contributed by atoms with Crippen LogP contribution in [0.25, 0.3) is 0 Å². The standard InChI is InChI=1S/C17H17Cl2N3O3/c1-25-9-3-8-20-16(23)14-4-2-5-15(21-14)17(24)22-13-7-6-11(18)10-12(13)19/h2,4-7,10H,3,8-9H2,1H3,(H,20,23)(H,22,24). The van der Waals surface area contributed by atoms with E-state index in [0.717, 1.165) is 0 Å². The summed E-state index contributed by atoms with van der Waals surface area (Å²) in [4.78, 5) is 28.5. The maximum absolute atomic E-state index is 12.3. The average molecular weight is 382 g/mol. The van der Waals surface area contributed by atoms with Crippen molar-refractivity contribution in [3.63, 3.8) is 0 Å². The Bertz CT molecular complexity index is 769. The lowest BCUT2D eigenvalue weighted by molar-refractivity contribution is 0.0943. The van der Waals surface area contributed by atoms with Crippen LogP contribution in [-0.4, -0.2) is 37.1 Å². The van der Waals surface area contributed by atoms with Gasteiger partial charge in [-0.15, -0.1) is 0 Å². The Morgan fingerprint density at radius 1 is 1.12 bits per heavy atom. The first-order valence-electron chi connectivity index (χ1n) is 7.52. The van der Waals surface area contributed by atoms with Crippen molar-refractivity contribution in [2.24, 2.45) is 0 Å². The zero-order valence-electron chi connectivity index (χ0n) is 13.5. The summed E-state index contributed by atoms with van der Waals surface area (Å²) in [5.41, 5.74) is 0.676. The molecule has 2 aromatic rings. The van der Waals surface area contributed by atoms with E-state index in [4.69, 9.17) is 27.9 Å². The quantitative estimate of drug-likeness (QED) is 0.720. The highest BCUT2D eigenvalue weighted by Gasteiger charge is 2.13. The molecule has 25 heavy (non-hydrogen) atoms. The number of hydrogen-bond donors (Lipinski definition) is 2. The van der Waals surface area contributed by atoms with Crippen molar-refractivity contribution in [1.82, 2.24) is 10.3 Å². The van der Waals surface area contributed by atoms with Gasteiger partial charge in [-0.1, -0.05) is 29.3 Å². The van der Waals surface area contributed by atoms with Gasteiger partial charge in [-0.2, -0.15) is 0 Å². The number of methoxy groups -OCH3 is 1. The van der Waals surface area contributed by atoms with E-state index in [1.54, 1.807) is 25.3 Å². The highest BCUT2D eigenvalue weighted by molar-refractivity contribution is 6.36. The fourth-order valence-electron chi connectivity index (χ4n) is 1.97. The van der Waals surface area contributed by atoms with Gasteiger partial charge < -0.3 is 15.4 Å². The van der Waals surface area contributed by atoms with Gasteiger partial charge in [0, 0.05) is 25.3 Å². The Kier molecular flexibility index (Phi) is 7.18. The number of benzene rings is 1. The normalized spacial score (nSPS) is 10.4. The zero-order chi connectivity index (χ0) is 18.2. The predicted molar refractivity (Wildman–Crippen MR) is 97.5 cm³/mol. The molecule has 1 aromatic heterocycles. The SMILES string of the molecule is COCCCNC(=O)c1cccc(C(=O)Nc2ccc(Cl)cc2Cl)n1. The summed E-state index contributed by atoms with van der Waals surface area (Å²) >= 11 is 11.9. The molecule has 0 atom stereocenters. The first kappa shape index (κ1) is 19.2. The third-order valence-corrected chi connectivity index (χ3v) is 3.75. The van der Waals surface area contributed by atoms with Crippen LogP contribution in [0.5, 0.6) is 0 Å². The number of nitrogens with zero attached hydrogens (tertiary/aromatic N) is 1. The lowest BCUT2D eigenvalue weighted by atomic mass is 10.2. The second kappa shape index (κ2) is 9.36. The monoisotopic (exact) mass is 381 g/mol. The minimum Gasteiger partial charge on any atom is -0.385 e. The van der Waals surface area contributed by atoms with Crippen molar-refractivity contribution in [2.45, 2.75) is 6.42 Å². The molecule has 0 aliphatic rings. The smallest absolute Gasteiger partial charge is 0.274 e. The van der Waals surface area contributed by atoms with Crippen LogP contribution in [0.3, 0.4) is 0 Å². The van der Waals surface area contributed by atoms with E-state index >= 15 is 0 Å². The maximum Gasteiger partial charge on any atom is 0.274 e. The third kappa shape index (κ3) is 5.70. The molecular weight excluding hydrogens is 365 g/mol. The van der Waals surface area contributed by atoms with Crippen molar-refractivity contribution in [2.75, 3.05) is 25.6 Å². The molecule has 0 bridgehead atoms. The maximum atomic E-state index is 12.3. The fraction of sp³-hybridized carbons (Fsp3) is 0.235. The molecule has 0 fully saturated rings. The minimum atomic E-state index is -0.474. The van der Waals surface area contributed by atoms with E-state index in [9.17, 15) is 9.59 Å². The Labute approximate surface area is 155 Å². The van der Waals surface area contributed by atoms with Gasteiger partial charge in [-0.05, 0) is 36.8 Å². The van der Waals surface area contributed by atoms with E-state index in [0.29, 0.717) is 35.3 Å². The van der Waals surface area contributed by atoms with E-state index in [1.807, 2.05) is 0 Å². The number of nitrogens with one attached hydrogen (secondary N) is 2.